The highest BCUT2D eigenvalue weighted by Gasteiger charge is 2.14. The fourth-order valence-corrected chi connectivity index (χ4v) is 2.91. The zero-order valence-corrected chi connectivity index (χ0v) is 12.5. The molecule has 106 valence electrons. The second-order valence-corrected chi connectivity index (χ2v) is 6.67. The molecule has 2 aromatic carbocycles. The van der Waals surface area contributed by atoms with Crippen molar-refractivity contribution in [1.82, 2.24) is 4.72 Å². The number of rotatable bonds is 4. The van der Waals surface area contributed by atoms with Crippen molar-refractivity contribution in [2.75, 3.05) is 5.73 Å². The van der Waals surface area contributed by atoms with E-state index < -0.39 is 10.0 Å². The van der Waals surface area contributed by atoms with E-state index in [2.05, 4.69) is 4.72 Å². The van der Waals surface area contributed by atoms with Crippen molar-refractivity contribution in [3.05, 3.63) is 58.6 Å². The lowest BCUT2D eigenvalue weighted by molar-refractivity contribution is 0.581. The van der Waals surface area contributed by atoms with Crippen molar-refractivity contribution in [3.8, 4) is 0 Å². The number of sulfonamides is 1. The van der Waals surface area contributed by atoms with Crippen LogP contribution in [-0.4, -0.2) is 8.42 Å². The molecule has 0 bridgehead atoms. The van der Waals surface area contributed by atoms with Crippen LogP contribution >= 0.6 is 11.6 Å². The lowest BCUT2D eigenvalue weighted by atomic mass is 10.2. The largest absolute Gasteiger partial charge is 0.399 e. The van der Waals surface area contributed by atoms with Crippen LogP contribution in [0.4, 0.5) is 5.69 Å². The molecule has 0 atom stereocenters. The summed E-state index contributed by atoms with van der Waals surface area (Å²) < 4.78 is 26.9. The Kier molecular flexibility index (Phi) is 4.32. The van der Waals surface area contributed by atoms with Crippen molar-refractivity contribution < 1.29 is 8.42 Å². The fourth-order valence-electron chi connectivity index (χ4n) is 1.68. The second-order valence-electron chi connectivity index (χ2n) is 4.47. The zero-order valence-electron chi connectivity index (χ0n) is 10.9. The number of aryl methyl sites for hydroxylation is 1. The number of nitrogens with one attached hydrogen (secondary N) is 1. The summed E-state index contributed by atoms with van der Waals surface area (Å²) in [5, 5.41) is 0.616. The summed E-state index contributed by atoms with van der Waals surface area (Å²) in [6.45, 7) is 1.98. The average molecular weight is 311 g/mol. The molecule has 4 nitrogen and oxygen atoms in total. The molecule has 0 saturated heterocycles. The Morgan fingerprint density at radius 3 is 2.40 bits per heavy atom. The van der Waals surface area contributed by atoms with E-state index in [1.807, 2.05) is 0 Å². The molecule has 0 unspecified atom stereocenters. The van der Waals surface area contributed by atoms with Crippen molar-refractivity contribution in [3.63, 3.8) is 0 Å². The summed E-state index contributed by atoms with van der Waals surface area (Å²) in [7, 11) is -3.55. The van der Waals surface area contributed by atoms with E-state index in [9.17, 15) is 8.42 Å². The van der Waals surface area contributed by atoms with E-state index in [0.29, 0.717) is 10.7 Å². The van der Waals surface area contributed by atoms with Crippen LogP contribution in [0.25, 0.3) is 0 Å². The Hall–Kier alpha value is -1.56. The highest BCUT2D eigenvalue weighted by atomic mass is 35.5. The van der Waals surface area contributed by atoms with Crippen LogP contribution in [0.2, 0.25) is 5.02 Å². The van der Waals surface area contributed by atoms with E-state index in [1.54, 1.807) is 43.3 Å². The number of halogens is 1. The Labute approximate surface area is 123 Å². The number of hydrogen-bond donors (Lipinski definition) is 2. The Balaban J connectivity index is 2.14. The number of nitrogens with two attached hydrogens (primary N) is 1. The van der Waals surface area contributed by atoms with Gasteiger partial charge >= 0.3 is 0 Å². The first-order valence-electron chi connectivity index (χ1n) is 5.99. The van der Waals surface area contributed by atoms with Crippen LogP contribution in [0.5, 0.6) is 0 Å². The summed E-state index contributed by atoms with van der Waals surface area (Å²) in [4.78, 5) is 0.207. The van der Waals surface area contributed by atoms with E-state index in [1.165, 1.54) is 6.07 Å². The van der Waals surface area contributed by atoms with Crippen molar-refractivity contribution >= 4 is 27.3 Å². The molecule has 0 fully saturated rings. The Morgan fingerprint density at radius 2 is 1.80 bits per heavy atom. The van der Waals surface area contributed by atoms with Crippen molar-refractivity contribution in [1.29, 1.82) is 0 Å². The highest BCUT2D eigenvalue weighted by Crippen LogP contribution is 2.17. The summed E-state index contributed by atoms with van der Waals surface area (Å²) in [6, 6.07) is 11.6. The maximum Gasteiger partial charge on any atom is 0.240 e. The molecular formula is C14H15ClN2O2S. The smallest absolute Gasteiger partial charge is 0.240 e. The van der Waals surface area contributed by atoms with Gasteiger partial charge in [-0.1, -0.05) is 23.7 Å². The van der Waals surface area contributed by atoms with Gasteiger partial charge in [-0.15, -0.1) is 0 Å². The molecule has 20 heavy (non-hydrogen) atoms. The van der Waals surface area contributed by atoms with Gasteiger partial charge in [0.1, 0.15) is 0 Å². The highest BCUT2D eigenvalue weighted by molar-refractivity contribution is 7.89. The van der Waals surface area contributed by atoms with Crippen molar-refractivity contribution in [2.45, 2.75) is 18.4 Å². The number of nitrogen functional groups attached to an aromatic ring is 1. The number of hydrogen-bond acceptors (Lipinski definition) is 3. The van der Waals surface area contributed by atoms with Crippen molar-refractivity contribution in [2.24, 2.45) is 0 Å². The van der Waals surface area contributed by atoms with Gasteiger partial charge in [-0.3, -0.25) is 0 Å². The van der Waals surface area contributed by atoms with E-state index in [4.69, 9.17) is 17.3 Å². The molecule has 0 amide bonds. The molecule has 0 aliphatic heterocycles. The number of anilines is 1. The molecule has 0 aliphatic carbocycles. The van der Waals surface area contributed by atoms with Gasteiger partial charge in [-0.2, -0.15) is 0 Å². The van der Waals surface area contributed by atoms with Gasteiger partial charge in [0.25, 0.3) is 0 Å². The Bertz CT molecular complexity index is 712. The second kappa shape index (κ2) is 5.83. The van der Waals surface area contributed by atoms with Gasteiger partial charge in [-0.05, 0) is 48.4 Å². The van der Waals surface area contributed by atoms with Crippen LogP contribution in [0.15, 0.2) is 47.4 Å². The predicted molar refractivity (Wildman–Crippen MR) is 81.1 cm³/mol. The molecule has 2 rings (SSSR count). The summed E-state index contributed by atoms with van der Waals surface area (Å²) in [5.74, 6) is 0. The van der Waals surface area contributed by atoms with Crippen LogP contribution in [0.1, 0.15) is 11.1 Å². The quantitative estimate of drug-likeness (QED) is 0.853. The average Bonchev–Trinajstić information content (AvgIpc) is 2.41. The van der Waals surface area contributed by atoms with Crippen LogP contribution in [-0.2, 0) is 16.6 Å². The third-order valence-corrected chi connectivity index (χ3v) is 4.58. The molecule has 0 aliphatic rings. The van der Waals surface area contributed by atoms with Gasteiger partial charge in [0.15, 0.2) is 0 Å². The predicted octanol–water partition coefficient (Wildman–Crippen LogP) is 2.71. The first-order chi connectivity index (χ1) is 9.38. The molecule has 0 aromatic heterocycles. The van der Waals surface area contributed by atoms with E-state index >= 15 is 0 Å². The Morgan fingerprint density at radius 1 is 1.15 bits per heavy atom. The number of benzene rings is 2. The monoisotopic (exact) mass is 310 g/mol. The maximum absolute atomic E-state index is 12.2. The van der Waals surface area contributed by atoms with Gasteiger partial charge in [0.05, 0.1) is 4.90 Å². The first kappa shape index (κ1) is 14.8. The summed E-state index contributed by atoms with van der Waals surface area (Å²) in [5.41, 5.74) is 7.83. The minimum atomic E-state index is -3.55. The standard InChI is InChI=1S/C14H15ClN2O2S/c1-10-8-13(6-7-14(10)16)20(18,19)17-9-11-2-4-12(15)5-3-11/h2-8,17H,9,16H2,1H3. The lowest BCUT2D eigenvalue weighted by Crippen LogP contribution is -2.23. The van der Waals surface area contributed by atoms with Gasteiger partial charge in [-0.25, -0.2) is 13.1 Å². The molecule has 3 N–H and O–H groups in total. The fraction of sp³-hybridized carbons (Fsp3) is 0.143. The van der Waals surface area contributed by atoms with Gasteiger partial charge < -0.3 is 5.73 Å². The third-order valence-electron chi connectivity index (χ3n) is 2.93. The maximum atomic E-state index is 12.2. The molecule has 0 saturated carbocycles. The summed E-state index contributed by atoms with van der Waals surface area (Å²) >= 11 is 5.78. The molecule has 6 heteroatoms. The molecule has 0 heterocycles. The van der Waals surface area contributed by atoms with Crippen LogP contribution in [0, 0.1) is 6.92 Å². The molecule has 0 spiro atoms. The minimum absolute atomic E-state index is 0.207. The topological polar surface area (TPSA) is 72.2 Å². The van der Waals surface area contributed by atoms with E-state index in [-0.39, 0.29) is 11.4 Å². The van der Waals surface area contributed by atoms with E-state index in [0.717, 1.165) is 11.1 Å². The molecular weight excluding hydrogens is 296 g/mol. The first-order valence-corrected chi connectivity index (χ1v) is 7.85. The van der Waals surface area contributed by atoms with Crippen LogP contribution < -0.4 is 10.5 Å². The minimum Gasteiger partial charge on any atom is -0.399 e. The zero-order chi connectivity index (χ0) is 14.8. The molecule has 2 aromatic rings. The molecule has 0 radical (unpaired) electrons. The lowest BCUT2D eigenvalue weighted by Gasteiger charge is -2.08. The van der Waals surface area contributed by atoms with Crippen LogP contribution in [0.3, 0.4) is 0 Å². The summed E-state index contributed by atoms with van der Waals surface area (Å²) in [6.07, 6.45) is 0. The third kappa shape index (κ3) is 3.50. The SMILES string of the molecule is Cc1cc(S(=O)(=O)NCc2ccc(Cl)cc2)ccc1N. The van der Waals surface area contributed by atoms with Gasteiger partial charge in [0, 0.05) is 17.3 Å². The normalized spacial score (nSPS) is 11.5. The van der Waals surface area contributed by atoms with Gasteiger partial charge in [0.2, 0.25) is 10.0 Å².